The van der Waals surface area contributed by atoms with Crippen LogP contribution in [0.15, 0.2) is 59.7 Å². The van der Waals surface area contributed by atoms with Crippen LogP contribution in [0.2, 0.25) is 0 Å². The van der Waals surface area contributed by atoms with Crippen molar-refractivity contribution in [2.24, 2.45) is 0 Å². The third kappa shape index (κ3) is 5.64. The van der Waals surface area contributed by atoms with E-state index in [0.29, 0.717) is 68.2 Å². The summed E-state index contributed by atoms with van der Waals surface area (Å²) in [5.41, 5.74) is 5.88. The minimum atomic E-state index is -0.812. The number of likely N-dealkylation sites (N-methyl/N-ethyl adjacent to an activating group) is 1. The van der Waals surface area contributed by atoms with Crippen LogP contribution in [0, 0.1) is 0 Å². The van der Waals surface area contributed by atoms with Gasteiger partial charge in [-0.3, -0.25) is 14.4 Å². The molecule has 2 amide bonds. The van der Waals surface area contributed by atoms with E-state index in [-0.39, 0.29) is 29.2 Å². The van der Waals surface area contributed by atoms with E-state index in [4.69, 9.17) is 26.7 Å². The standard InChI is InChI=1S/C33H37ClN4O4/c1-4-7-25-21(2)33(37(3)32(25)42)16-18-38(19-17-33)31(41)23-12-15-26-28(20-23)35-27(8-5-6-9-29(39)40)30(36-26)22-10-13-24(34)14-11-22/h4,7,10-13,15,20,24H,5-6,8-9,14,16-19H2,1-3H3,(H,39,40)/b7-4-. The van der Waals surface area contributed by atoms with Crippen molar-refractivity contribution < 1.29 is 19.5 Å². The van der Waals surface area contributed by atoms with Gasteiger partial charge in [-0.25, -0.2) is 9.97 Å². The number of likely N-dealkylation sites (tertiary alicyclic amines) is 1. The molecular weight excluding hydrogens is 552 g/mol. The Morgan fingerprint density at radius 2 is 1.93 bits per heavy atom. The van der Waals surface area contributed by atoms with Gasteiger partial charge < -0.3 is 14.9 Å². The largest absolute Gasteiger partial charge is 0.481 e. The maximum absolute atomic E-state index is 13.6. The monoisotopic (exact) mass is 588 g/mol. The third-order valence-electron chi connectivity index (χ3n) is 8.85. The number of piperidine rings is 1. The molecule has 5 rings (SSSR count). The number of unbranched alkanes of at least 4 members (excludes halogenated alkanes) is 1. The Balaban J connectivity index is 1.38. The second-order valence-electron chi connectivity index (χ2n) is 11.3. The first-order valence-electron chi connectivity index (χ1n) is 14.6. The Morgan fingerprint density at radius 3 is 2.60 bits per heavy atom. The van der Waals surface area contributed by atoms with Crippen molar-refractivity contribution in [1.82, 2.24) is 19.8 Å². The molecule has 1 aliphatic carbocycles. The second kappa shape index (κ2) is 12.2. The minimum Gasteiger partial charge on any atom is -0.481 e. The lowest BCUT2D eigenvalue weighted by molar-refractivity contribution is -0.137. The highest BCUT2D eigenvalue weighted by Gasteiger charge is 2.48. The number of hydrogen-bond acceptors (Lipinski definition) is 5. The highest BCUT2D eigenvalue weighted by atomic mass is 35.5. The number of benzene rings is 1. The van der Waals surface area contributed by atoms with Crippen LogP contribution in [0.25, 0.3) is 16.6 Å². The predicted octanol–water partition coefficient (Wildman–Crippen LogP) is 5.72. The maximum Gasteiger partial charge on any atom is 0.303 e. The van der Waals surface area contributed by atoms with E-state index in [0.717, 1.165) is 28.1 Å². The molecule has 1 aromatic heterocycles. The van der Waals surface area contributed by atoms with Crippen molar-refractivity contribution in [3.63, 3.8) is 0 Å². The van der Waals surface area contributed by atoms with Crippen LogP contribution in [0.5, 0.6) is 0 Å². The molecule has 0 radical (unpaired) electrons. The van der Waals surface area contributed by atoms with E-state index in [2.05, 4.69) is 6.08 Å². The van der Waals surface area contributed by atoms with Gasteiger partial charge in [-0.05, 0) is 81.7 Å². The number of alkyl halides is 1. The van der Waals surface area contributed by atoms with Crippen LogP contribution >= 0.6 is 11.6 Å². The molecule has 9 heteroatoms. The number of hydrogen-bond donors (Lipinski definition) is 1. The molecule has 3 aliphatic rings. The van der Waals surface area contributed by atoms with Gasteiger partial charge in [0.05, 0.1) is 33.3 Å². The van der Waals surface area contributed by atoms with Gasteiger partial charge in [-0.2, -0.15) is 0 Å². The third-order valence-corrected chi connectivity index (χ3v) is 9.17. The summed E-state index contributed by atoms with van der Waals surface area (Å²) in [5.74, 6) is -0.833. The number of carbonyl (C=O) groups excluding carboxylic acids is 2. The molecule has 1 N–H and O–H groups in total. The van der Waals surface area contributed by atoms with E-state index < -0.39 is 5.97 Å². The number of aryl methyl sites for hydroxylation is 1. The number of carboxylic acid groups (broad SMARTS) is 1. The number of carbonyl (C=O) groups is 3. The second-order valence-corrected chi connectivity index (χ2v) is 11.9. The van der Waals surface area contributed by atoms with Gasteiger partial charge in [0.2, 0.25) is 0 Å². The summed E-state index contributed by atoms with van der Waals surface area (Å²) in [5, 5.41) is 8.99. The molecule has 1 spiro atoms. The smallest absolute Gasteiger partial charge is 0.303 e. The van der Waals surface area contributed by atoms with Crippen LogP contribution in [0.3, 0.4) is 0 Å². The first-order valence-corrected chi connectivity index (χ1v) is 15.0. The topological polar surface area (TPSA) is 104 Å². The van der Waals surface area contributed by atoms with Crippen LogP contribution < -0.4 is 0 Å². The summed E-state index contributed by atoms with van der Waals surface area (Å²) in [4.78, 5) is 51.1. The molecule has 1 aromatic carbocycles. The number of amides is 2. The summed E-state index contributed by atoms with van der Waals surface area (Å²) in [6, 6.07) is 5.45. The zero-order chi connectivity index (χ0) is 30.0. The number of nitrogens with zero attached hydrogens (tertiary/aromatic N) is 4. The lowest BCUT2D eigenvalue weighted by Gasteiger charge is -2.44. The zero-order valence-corrected chi connectivity index (χ0v) is 25.2. The van der Waals surface area contributed by atoms with Gasteiger partial charge in [-0.1, -0.05) is 30.4 Å². The molecule has 2 aromatic rings. The van der Waals surface area contributed by atoms with Gasteiger partial charge in [0, 0.05) is 37.7 Å². The molecule has 1 unspecified atom stereocenters. The Labute approximate surface area is 251 Å². The number of carboxylic acids is 1. The number of allylic oxidation sites excluding steroid dienone is 5. The van der Waals surface area contributed by atoms with Crippen molar-refractivity contribution in [2.45, 2.75) is 69.7 Å². The molecule has 8 nitrogen and oxygen atoms in total. The van der Waals surface area contributed by atoms with Crippen molar-refractivity contribution in [3.8, 4) is 0 Å². The van der Waals surface area contributed by atoms with Crippen LogP contribution in [0.4, 0.5) is 0 Å². The van der Waals surface area contributed by atoms with Crippen LogP contribution in [0.1, 0.15) is 74.1 Å². The summed E-state index contributed by atoms with van der Waals surface area (Å²) < 4.78 is 0. The molecule has 0 bridgehead atoms. The van der Waals surface area contributed by atoms with Gasteiger partial charge in [0.1, 0.15) is 0 Å². The highest BCUT2D eigenvalue weighted by Crippen LogP contribution is 2.42. The molecule has 1 saturated heterocycles. The van der Waals surface area contributed by atoms with Gasteiger partial charge in [0.15, 0.2) is 0 Å². The summed E-state index contributed by atoms with van der Waals surface area (Å²) in [6.07, 6.45) is 13.7. The van der Waals surface area contributed by atoms with E-state index in [1.165, 1.54) is 0 Å². The quantitative estimate of drug-likeness (QED) is 0.313. The molecule has 42 heavy (non-hydrogen) atoms. The predicted molar refractivity (Wildman–Crippen MR) is 164 cm³/mol. The SMILES string of the molecule is C/C=C\C1=C(C)C2(CCN(C(=O)c3ccc4nc(C5=CCC(Cl)C=C5)c(CCCCC(=O)O)nc4c3)CC2)N(C)C1=O. The van der Waals surface area contributed by atoms with E-state index in [1.807, 2.05) is 61.1 Å². The zero-order valence-electron chi connectivity index (χ0n) is 24.4. The summed E-state index contributed by atoms with van der Waals surface area (Å²) >= 11 is 6.24. The maximum atomic E-state index is 13.6. The van der Waals surface area contributed by atoms with Crippen LogP contribution in [-0.2, 0) is 16.0 Å². The molecule has 1 fully saturated rings. The van der Waals surface area contributed by atoms with Gasteiger partial charge in [-0.15, -0.1) is 11.6 Å². The number of aromatic nitrogens is 2. The Kier molecular flexibility index (Phi) is 8.64. The van der Waals surface area contributed by atoms with Crippen molar-refractivity contribution >= 4 is 46.0 Å². The van der Waals surface area contributed by atoms with Gasteiger partial charge in [0.25, 0.3) is 11.8 Å². The average molecular weight is 589 g/mol. The first kappa shape index (κ1) is 29.7. The van der Waals surface area contributed by atoms with E-state index in [1.54, 1.807) is 12.1 Å². The molecule has 3 heterocycles. The fourth-order valence-corrected chi connectivity index (χ4v) is 6.50. The van der Waals surface area contributed by atoms with Gasteiger partial charge >= 0.3 is 5.97 Å². The molecule has 220 valence electrons. The van der Waals surface area contributed by atoms with E-state index >= 15 is 0 Å². The summed E-state index contributed by atoms with van der Waals surface area (Å²) in [6.45, 7) is 5.06. The normalized spacial score (nSPS) is 20.3. The fourth-order valence-electron chi connectivity index (χ4n) is 6.34. The number of halogens is 1. The lowest BCUT2D eigenvalue weighted by atomic mass is 9.81. The van der Waals surface area contributed by atoms with Crippen molar-refractivity contribution in [1.29, 1.82) is 0 Å². The van der Waals surface area contributed by atoms with E-state index in [9.17, 15) is 14.4 Å². The average Bonchev–Trinajstić information content (AvgIpc) is 3.15. The summed E-state index contributed by atoms with van der Waals surface area (Å²) in [7, 11) is 1.86. The molecule has 2 aliphatic heterocycles. The van der Waals surface area contributed by atoms with Crippen LogP contribution in [-0.4, -0.2) is 73.7 Å². The lowest BCUT2D eigenvalue weighted by Crippen LogP contribution is -2.54. The molecule has 1 atom stereocenters. The van der Waals surface area contributed by atoms with Crippen molar-refractivity contribution in [3.05, 3.63) is 76.7 Å². The molecular formula is C33H37ClN4O4. The Morgan fingerprint density at radius 1 is 1.17 bits per heavy atom. The number of aliphatic carboxylic acids is 1. The highest BCUT2D eigenvalue weighted by molar-refractivity contribution is 6.22. The fraction of sp³-hybridized carbons (Fsp3) is 0.424. The Hall–Kier alpha value is -3.78. The number of rotatable bonds is 8. The Bertz CT molecular complexity index is 1550. The minimum absolute atomic E-state index is 0.0403. The first-order chi connectivity index (χ1) is 20.1. The number of fused-ring (bicyclic) bond motifs is 1. The van der Waals surface area contributed by atoms with Crippen molar-refractivity contribution in [2.75, 3.05) is 20.1 Å². The molecule has 0 saturated carbocycles.